The molecule has 1 aliphatic heterocycles. The number of rotatable bonds is 6. The third-order valence-electron chi connectivity index (χ3n) is 5.28. The Morgan fingerprint density at radius 1 is 0.900 bits per heavy atom. The molecule has 0 aromatic heterocycles. The Bertz CT molecular complexity index is 896. The summed E-state index contributed by atoms with van der Waals surface area (Å²) in [5.74, 6) is -1.02. The van der Waals surface area contributed by atoms with Crippen molar-refractivity contribution in [2.75, 3.05) is 32.7 Å². The average molecular weight is 411 g/mol. The molecule has 1 heterocycles. The quantitative estimate of drug-likeness (QED) is 0.734. The maximum Gasteiger partial charge on any atom is 0.256 e. The largest absolute Gasteiger partial charge is 0.339 e. The number of halogens is 1. The third kappa shape index (κ3) is 5.43. The predicted octanol–water partition coefficient (Wildman–Crippen LogP) is 2.55. The fraction of sp³-hybridized carbons (Fsp3) is 0.348. The first-order valence-corrected chi connectivity index (χ1v) is 10.1. The molecule has 1 saturated heterocycles. The van der Waals surface area contributed by atoms with Crippen LogP contribution in [0.1, 0.15) is 29.3 Å². The van der Waals surface area contributed by atoms with E-state index < -0.39 is 5.82 Å². The molecule has 158 valence electrons. The highest BCUT2D eigenvalue weighted by molar-refractivity contribution is 5.94. The van der Waals surface area contributed by atoms with Crippen molar-refractivity contribution in [2.24, 2.45) is 0 Å². The molecule has 1 aliphatic rings. The van der Waals surface area contributed by atoms with Crippen LogP contribution < -0.4 is 0 Å². The molecule has 3 rings (SSSR count). The summed E-state index contributed by atoms with van der Waals surface area (Å²) in [6.45, 7) is 3.83. The molecule has 6 nitrogen and oxygen atoms in total. The molecular formula is C23H26FN3O3. The number of piperazine rings is 1. The standard InChI is InChI=1S/C23H26FN3O3/c1-18(28)27(17-19-7-3-2-4-8-19)12-11-22(29)25-13-15-26(16-14-25)23(30)20-9-5-6-10-21(20)24/h2-10H,11-17H2,1H3. The summed E-state index contributed by atoms with van der Waals surface area (Å²) in [5, 5.41) is 0. The summed E-state index contributed by atoms with van der Waals surface area (Å²) in [6, 6.07) is 15.6. The van der Waals surface area contributed by atoms with Crippen molar-refractivity contribution < 1.29 is 18.8 Å². The number of hydrogen-bond acceptors (Lipinski definition) is 3. The SMILES string of the molecule is CC(=O)N(CCC(=O)N1CCN(C(=O)c2ccccc2F)CC1)Cc1ccccc1. The van der Waals surface area contributed by atoms with E-state index in [-0.39, 0.29) is 29.7 Å². The Kier molecular flexibility index (Phi) is 7.17. The van der Waals surface area contributed by atoms with E-state index in [1.165, 1.54) is 19.1 Å². The molecule has 30 heavy (non-hydrogen) atoms. The molecule has 0 saturated carbocycles. The van der Waals surface area contributed by atoms with Crippen molar-refractivity contribution in [3.05, 3.63) is 71.5 Å². The van der Waals surface area contributed by atoms with Crippen LogP contribution >= 0.6 is 0 Å². The molecule has 0 radical (unpaired) electrons. The fourth-order valence-electron chi connectivity index (χ4n) is 3.50. The second kappa shape index (κ2) is 10.0. The van der Waals surface area contributed by atoms with E-state index in [0.29, 0.717) is 39.3 Å². The number of carbonyl (C=O) groups is 3. The van der Waals surface area contributed by atoms with Gasteiger partial charge in [-0.1, -0.05) is 42.5 Å². The Morgan fingerprint density at radius 3 is 2.13 bits per heavy atom. The molecule has 0 bridgehead atoms. The summed E-state index contributed by atoms with van der Waals surface area (Å²) in [6.07, 6.45) is 0.230. The molecule has 0 atom stereocenters. The van der Waals surface area contributed by atoms with E-state index in [1.807, 2.05) is 30.3 Å². The smallest absolute Gasteiger partial charge is 0.256 e. The molecule has 2 aromatic carbocycles. The zero-order valence-corrected chi connectivity index (χ0v) is 17.1. The molecule has 0 unspecified atom stereocenters. The highest BCUT2D eigenvalue weighted by Crippen LogP contribution is 2.13. The Hall–Kier alpha value is -3.22. The number of amides is 3. The Morgan fingerprint density at radius 2 is 1.50 bits per heavy atom. The van der Waals surface area contributed by atoms with Gasteiger partial charge in [0, 0.05) is 52.6 Å². The third-order valence-corrected chi connectivity index (χ3v) is 5.28. The van der Waals surface area contributed by atoms with Gasteiger partial charge >= 0.3 is 0 Å². The lowest BCUT2D eigenvalue weighted by Crippen LogP contribution is -2.51. The van der Waals surface area contributed by atoms with Crippen LogP contribution in [0.2, 0.25) is 0 Å². The zero-order chi connectivity index (χ0) is 21.5. The van der Waals surface area contributed by atoms with Gasteiger partial charge in [0.25, 0.3) is 5.91 Å². The highest BCUT2D eigenvalue weighted by Gasteiger charge is 2.26. The minimum absolute atomic E-state index is 0.0488. The Labute approximate surface area is 175 Å². The maximum absolute atomic E-state index is 13.9. The fourth-order valence-corrected chi connectivity index (χ4v) is 3.50. The van der Waals surface area contributed by atoms with Gasteiger partial charge in [0.2, 0.25) is 11.8 Å². The van der Waals surface area contributed by atoms with Crippen LogP contribution in [0.4, 0.5) is 4.39 Å². The zero-order valence-electron chi connectivity index (χ0n) is 17.1. The molecule has 2 aromatic rings. The van der Waals surface area contributed by atoms with Crippen LogP contribution in [0.3, 0.4) is 0 Å². The van der Waals surface area contributed by atoms with Gasteiger partial charge in [-0.05, 0) is 17.7 Å². The molecule has 0 spiro atoms. The monoisotopic (exact) mass is 411 g/mol. The van der Waals surface area contributed by atoms with Gasteiger partial charge in [0.1, 0.15) is 5.82 Å². The lowest BCUT2D eigenvalue weighted by molar-refractivity contribution is -0.134. The highest BCUT2D eigenvalue weighted by atomic mass is 19.1. The second-order valence-corrected chi connectivity index (χ2v) is 7.33. The van der Waals surface area contributed by atoms with Crippen molar-refractivity contribution in [3.63, 3.8) is 0 Å². The van der Waals surface area contributed by atoms with Crippen LogP contribution in [0.25, 0.3) is 0 Å². The lowest BCUT2D eigenvalue weighted by Gasteiger charge is -2.35. The van der Waals surface area contributed by atoms with Crippen LogP contribution in [-0.4, -0.2) is 65.1 Å². The van der Waals surface area contributed by atoms with Crippen molar-refractivity contribution in [1.82, 2.24) is 14.7 Å². The summed E-state index contributed by atoms with van der Waals surface area (Å²) in [5.41, 5.74) is 1.07. The second-order valence-electron chi connectivity index (χ2n) is 7.33. The lowest BCUT2D eigenvalue weighted by atomic mass is 10.1. The van der Waals surface area contributed by atoms with E-state index in [9.17, 15) is 18.8 Å². The van der Waals surface area contributed by atoms with Crippen LogP contribution in [0.15, 0.2) is 54.6 Å². The molecule has 3 amide bonds. The molecular weight excluding hydrogens is 385 g/mol. The minimum atomic E-state index is -0.538. The van der Waals surface area contributed by atoms with Crippen molar-refractivity contribution in [3.8, 4) is 0 Å². The summed E-state index contributed by atoms with van der Waals surface area (Å²) in [7, 11) is 0. The molecule has 1 fully saturated rings. The van der Waals surface area contributed by atoms with Crippen molar-refractivity contribution in [2.45, 2.75) is 19.9 Å². The van der Waals surface area contributed by atoms with E-state index in [2.05, 4.69) is 0 Å². The maximum atomic E-state index is 13.9. The first kappa shape index (κ1) is 21.5. The molecule has 0 aliphatic carbocycles. The van der Waals surface area contributed by atoms with Crippen LogP contribution in [0, 0.1) is 5.82 Å². The molecule has 7 heteroatoms. The van der Waals surface area contributed by atoms with Crippen LogP contribution in [0.5, 0.6) is 0 Å². The predicted molar refractivity (Wildman–Crippen MR) is 111 cm³/mol. The number of benzene rings is 2. The summed E-state index contributed by atoms with van der Waals surface area (Å²) >= 11 is 0. The van der Waals surface area contributed by atoms with Gasteiger partial charge in [-0.15, -0.1) is 0 Å². The number of nitrogens with zero attached hydrogens (tertiary/aromatic N) is 3. The van der Waals surface area contributed by atoms with Crippen molar-refractivity contribution >= 4 is 17.7 Å². The van der Waals surface area contributed by atoms with E-state index in [4.69, 9.17) is 0 Å². The summed E-state index contributed by atoms with van der Waals surface area (Å²) in [4.78, 5) is 42.0. The number of carbonyl (C=O) groups excluding carboxylic acids is 3. The topological polar surface area (TPSA) is 60.9 Å². The summed E-state index contributed by atoms with van der Waals surface area (Å²) < 4.78 is 13.9. The normalized spacial score (nSPS) is 13.8. The first-order valence-electron chi connectivity index (χ1n) is 10.1. The van der Waals surface area contributed by atoms with Gasteiger partial charge in [-0.3, -0.25) is 14.4 Å². The molecule has 0 N–H and O–H groups in total. The van der Waals surface area contributed by atoms with E-state index in [0.717, 1.165) is 5.56 Å². The van der Waals surface area contributed by atoms with E-state index >= 15 is 0 Å². The van der Waals surface area contributed by atoms with Gasteiger partial charge in [0.05, 0.1) is 5.56 Å². The van der Waals surface area contributed by atoms with Gasteiger partial charge in [0.15, 0.2) is 0 Å². The first-order chi connectivity index (χ1) is 14.5. The minimum Gasteiger partial charge on any atom is -0.339 e. The average Bonchev–Trinajstić information content (AvgIpc) is 2.77. The van der Waals surface area contributed by atoms with E-state index in [1.54, 1.807) is 26.8 Å². The van der Waals surface area contributed by atoms with Gasteiger partial charge in [-0.2, -0.15) is 0 Å². The Balaban J connectivity index is 1.49. The van der Waals surface area contributed by atoms with Crippen LogP contribution in [-0.2, 0) is 16.1 Å². The number of hydrogen-bond donors (Lipinski definition) is 0. The van der Waals surface area contributed by atoms with Crippen molar-refractivity contribution in [1.29, 1.82) is 0 Å². The van der Waals surface area contributed by atoms with Gasteiger partial charge in [-0.25, -0.2) is 4.39 Å². The van der Waals surface area contributed by atoms with Gasteiger partial charge < -0.3 is 14.7 Å².